The van der Waals surface area contributed by atoms with Crippen LogP contribution in [0.4, 0.5) is 0 Å². The van der Waals surface area contributed by atoms with Gasteiger partial charge in [0.15, 0.2) is 0 Å². The third-order valence-corrected chi connectivity index (χ3v) is 5.08. The molecule has 0 fully saturated rings. The van der Waals surface area contributed by atoms with Crippen LogP contribution in [0.5, 0.6) is 0 Å². The first-order valence-electron chi connectivity index (χ1n) is 9.34. The summed E-state index contributed by atoms with van der Waals surface area (Å²) in [5.74, 6) is 1.48. The van der Waals surface area contributed by atoms with Crippen LogP contribution in [0.1, 0.15) is 30.1 Å². The fourth-order valence-corrected chi connectivity index (χ4v) is 3.17. The van der Waals surface area contributed by atoms with Crippen LogP contribution in [-0.2, 0) is 6.54 Å². The van der Waals surface area contributed by atoms with Gasteiger partial charge in [-0.25, -0.2) is 4.98 Å². The SMILES string of the molecule is Cc1oc(-c2ccc(-c3ccccc3)cc2)nc1CN(C)[C@@H](C)c1ccon1. The Bertz CT molecular complexity index is 1020. The highest BCUT2D eigenvalue weighted by atomic mass is 16.5. The first-order valence-corrected chi connectivity index (χ1v) is 9.34. The van der Waals surface area contributed by atoms with Gasteiger partial charge in [-0.05, 0) is 44.2 Å². The molecule has 0 radical (unpaired) electrons. The van der Waals surface area contributed by atoms with E-state index >= 15 is 0 Å². The molecule has 0 bridgehead atoms. The lowest BCUT2D eigenvalue weighted by molar-refractivity contribution is 0.237. The predicted molar refractivity (Wildman–Crippen MR) is 108 cm³/mol. The molecule has 0 amide bonds. The molecule has 2 aromatic carbocycles. The van der Waals surface area contributed by atoms with Gasteiger partial charge < -0.3 is 8.94 Å². The minimum absolute atomic E-state index is 0.128. The zero-order valence-electron chi connectivity index (χ0n) is 16.3. The van der Waals surface area contributed by atoms with Crippen LogP contribution in [0.2, 0.25) is 0 Å². The molecule has 28 heavy (non-hydrogen) atoms. The molecule has 2 heterocycles. The summed E-state index contributed by atoms with van der Waals surface area (Å²) in [5.41, 5.74) is 5.18. The molecule has 4 rings (SSSR count). The van der Waals surface area contributed by atoms with E-state index in [0.29, 0.717) is 12.4 Å². The standard InChI is InChI=1S/C23H23N3O2/c1-16(21-13-14-27-25-21)26(3)15-22-17(2)28-23(24-22)20-11-9-19(10-12-20)18-7-5-4-6-8-18/h4-14,16H,15H2,1-3H3/t16-/m0/s1. The summed E-state index contributed by atoms with van der Waals surface area (Å²) in [5, 5.41) is 4.03. The van der Waals surface area contributed by atoms with Gasteiger partial charge in [0.2, 0.25) is 5.89 Å². The molecular weight excluding hydrogens is 350 g/mol. The lowest BCUT2D eigenvalue weighted by Gasteiger charge is -2.21. The molecule has 0 unspecified atom stereocenters. The van der Waals surface area contributed by atoms with Gasteiger partial charge in [-0.3, -0.25) is 4.90 Å². The van der Waals surface area contributed by atoms with Crippen molar-refractivity contribution < 1.29 is 8.94 Å². The zero-order chi connectivity index (χ0) is 19.5. The minimum Gasteiger partial charge on any atom is -0.441 e. The number of nitrogens with zero attached hydrogens (tertiary/aromatic N) is 3. The Kier molecular flexibility index (Phi) is 5.08. The number of benzene rings is 2. The van der Waals surface area contributed by atoms with Crippen LogP contribution in [0.25, 0.3) is 22.6 Å². The van der Waals surface area contributed by atoms with Crippen LogP contribution in [0.15, 0.2) is 75.9 Å². The maximum atomic E-state index is 5.95. The number of oxazole rings is 1. The van der Waals surface area contributed by atoms with E-state index in [9.17, 15) is 0 Å². The van der Waals surface area contributed by atoms with Crippen LogP contribution < -0.4 is 0 Å². The average molecular weight is 373 g/mol. The van der Waals surface area contributed by atoms with E-state index in [1.165, 1.54) is 11.1 Å². The van der Waals surface area contributed by atoms with E-state index < -0.39 is 0 Å². The Morgan fingerprint density at radius 3 is 2.29 bits per heavy atom. The van der Waals surface area contributed by atoms with Crippen molar-refractivity contribution in [3.8, 4) is 22.6 Å². The summed E-state index contributed by atoms with van der Waals surface area (Å²) in [6.07, 6.45) is 1.60. The van der Waals surface area contributed by atoms with Crippen LogP contribution in [0, 0.1) is 6.92 Å². The molecule has 1 atom stereocenters. The number of aryl methyl sites for hydroxylation is 1. The Hall–Kier alpha value is -3.18. The molecule has 142 valence electrons. The smallest absolute Gasteiger partial charge is 0.226 e. The summed E-state index contributed by atoms with van der Waals surface area (Å²) in [6.45, 7) is 4.72. The number of rotatable bonds is 6. The van der Waals surface area contributed by atoms with E-state index in [-0.39, 0.29) is 6.04 Å². The maximum Gasteiger partial charge on any atom is 0.226 e. The van der Waals surface area contributed by atoms with Crippen molar-refractivity contribution >= 4 is 0 Å². The van der Waals surface area contributed by atoms with Crippen LogP contribution in [-0.4, -0.2) is 22.1 Å². The van der Waals surface area contributed by atoms with Crippen LogP contribution >= 0.6 is 0 Å². The van der Waals surface area contributed by atoms with E-state index in [0.717, 1.165) is 22.7 Å². The third-order valence-electron chi connectivity index (χ3n) is 5.08. The first kappa shape index (κ1) is 18.2. The Balaban J connectivity index is 1.51. The average Bonchev–Trinajstić information content (AvgIpc) is 3.39. The summed E-state index contributed by atoms with van der Waals surface area (Å²) in [7, 11) is 2.04. The predicted octanol–water partition coefficient (Wildman–Crippen LogP) is 5.50. The van der Waals surface area contributed by atoms with E-state index in [1.807, 2.05) is 38.2 Å². The largest absolute Gasteiger partial charge is 0.441 e. The Morgan fingerprint density at radius 1 is 0.929 bits per heavy atom. The van der Waals surface area contributed by atoms with E-state index in [2.05, 4.69) is 53.4 Å². The molecule has 4 aromatic rings. The fourth-order valence-electron chi connectivity index (χ4n) is 3.17. The zero-order valence-corrected chi connectivity index (χ0v) is 16.3. The number of hydrogen-bond acceptors (Lipinski definition) is 5. The van der Waals surface area contributed by atoms with Crippen molar-refractivity contribution in [1.29, 1.82) is 0 Å². The number of aromatic nitrogens is 2. The highest BCUT2D eigenvalue weighted by Crippen LogP contribution is 2.27. The molecule has 0 aliphatic rings. The van der Waals surface area contributed by atoms with Crippen molar-refractivity contribution in [3.05, 3.63) is 84.1 Å². The molecule has 0 N–H and O–H groups in total. The summed E-state index contributed by atoms with van der Waals surface area (Å²) in [4.78, 5) is 6.91. The van der Waals surface area contributed by atoms with Gasteiger partial charge in [0.05, 0.1) is 11.7 Å². The Labute approximate surface area is 164 Å². The highest BCUT2D eigenvalue weighted by molar-refractivity contribution is 5.67. The van der Waals surface area contributed by atoms with Crippen molar-refractivity contribution in [3.63, 3.8) is 0 Å². The fraction of sp³-hybridized carbons (Fsp3) is 0.217. The highest BCUT2D eigenvalue weighted by Gasteiger charge is 2.19. The van der Waals surface area contributed by atoms with Crippen molar-refractivity contribution in [2.24, 2.45) is 0 Å². The quantitative estimate of drug-likeness (QED) is 0.447. The van der Waals surface area contributed by atoms with Gasteiger partial charge in [0.25, 0.3) is 0 Å². The molecule has 0 saturated carbocycles. The normalized spacial score (nSPS) is 12.4. The first-order chi connectivity index (χ1) is 13.6. The van der Waals surface area contributed by atoms with Crippen molar-refractivity contribution in [2.45, 2.75) is 26.4 Å². The minimum atomic E-state index is 0.128. The molecular formula is C23H23N3O2. The van der Waals surface area contributed by atoms with Crippen molar-refractivity contribution in [2.75, 3.05) is 7.05 Å². The summed E-state index contributed by atoms with van der Waals surface area (Å²) >= 11 is 0. The maximum absolute atomic E-state index is 5.95. The topological polar surface area (TPSA) is 55.3 Å². The lowest BCUT2D eigenvalue weighted by atomic mass is 10.0. The summed E-state index contributed by atoms with van der Waals surface area (Å²) in [6, 6.07) is 20.6. The number of hydrogen-bond donors (Lipinski definition) is 0. The molecule has 0 spiro atoms. The van der Waals surface area contributed by atoms with Gasteiger partial charge in [-0.15, -0.1) is 0 Å². The van der Waals surface area contributed by atoms with E-state index in [4.69, 9.17) is 13.9 Å². The molecule has 0 saturated heterocycles. The van der Waals surface area contributed by atoms with Gasteiger partial charge in [0.1, 0.15) is 17.7 Å². The lowest BCUT2D eigenvalue weighted by Crippen LogP contribution is -2.22. The third kappa shape index (κ3) is 3.75. The van der Waals surface area contributed by atoms with Gasteiger partial charge in [-0.1, -0.05) is 47.6 Å². The molecule has 0 aliphatic carbocycles. The van der Waals surface area contributed by atoms with Crippen LogP contribution in [0.3, 0.4) is 0 Å². The second kappa shape index (κ2) is 7.82. The Morgan fingerprint density at radius 2 is 1.61 bits per heavy atom. The molecule has 5 heteroatoms. The van der Waals surface area contributed by atoms with Gasteiger partial charge >= 0.3 is 0 Å². The summed E-state index contributed by atoms with van der Waals surface area (Å²) < 4.78 is 10.9. The molecule has 5 nitrogen and oxygen atoms in total. The molecule has 0 aliphatic heterocycles. The monoisotopic (exact) mass is 373 g/mol. The van der Waals surface area contributed by atoms with Gasteiger partial charge in [0, 0.05) is 18.2 Å². The van der Waals surface area contributed by atoms with Gasteiger partial charge in [-0.2, -0.15) is 0 Å². The van der Waals surface area contributed by atoms with Crippen molar-refractivity contribution in [1.82, 2.24) is 15.0 Å². The second-order valence-electron chi connectivity index (χ2n) is 6.98. The molecule has 2 aromatic heterocycles. The second-order valence-corrected chi connectivity index (χ2v) is 6.98. The van der Waals surface area contributed by atoms with E-state index in [1.54, 1.807) is 6.26 Å².